The molecular formula is C12H21N3S2. The fourth-order valence-corrected chi connectivity index (χ4v) is 4.58. The molecule has 0 amide bonds. The molecule has 0 spiro atoms. The molecule has 1 aromatic rings. The molecule has 1 atom stereocenters. The zero-order valence-corrected chi connectivity index (χ0v) is 12.4. The van der Waals surface area contributed by atoms with Gasteiger partial charge in [-0.3, -0.25) is 0 Å². The highest BCUT2D eigenvalue weighted by atomic mass is 32.2. The Balaban J connectivity index is 2.02. The van der Waals surface area contributed by atoms with Crippen LogP contribution in [0.1, 0.15) is 19.5 Å². The third-order valence-electron chi connectivity index (χ3n) is 2.60. The SMILES string of the molecule is Cc1cn(CC2CSCCS2)c(NC(C)C)n1. The summed E-state index contributed by atoms with van der Waals surface area (Å²) < 4.78 is 2.28. The third kappa shape index (κ3) is 3.85. The molecule has 1 fully saturated rings. The Hall–Kier alpha value is -0.290. The lowest BCUT2D eigenvalue weighted by atomic mass is 10.4. The number of thioether (sulfide) groups is 2. The second-order valence-electron chi connectivity index (χ2n) is 4.73. The van der Waals surface area contributed by atoms with Crippen molar-refractivity contribution in [2.24, 2.45) is 0 Å². The Morgan fingerprint density at radius 3 is 3.00 bits per heavy atom. The molecule has 2 rings (SSSR count). The highest BCUT2D eigenvalue weighted by molar-refractivity contribution is 8.06. The number of aromatic nitrogens is 2. The first-order chi connectivity index (χ1) is 8.15. The van der Waals surface area contributed by atoms with E-state index in [0.717, 1.165) is 23.4 Å². The summed E-state index contributed by atoms with van der Waals surface area (Å²) in [7, 11) is 0. The highest BCUT2D eigenvalue weighted by Crippen LogP contribution is 2.26. The van der Waals surface area contributed by atoms with E-state index in [1.165, 1.54) is 17.3 Å². The van der Waals surface area contributed by atoms with Crippen molar-refractivity contribution in [2.75, 3.05) is 22.6 Å². The van der Waals surface area contributed by atoms with Gasteiger partial charge in [-0.25, -0.2) is 4.98 Å². The lowest BCUT2D eigenvalue weighted by Crippen LogP contribution is -2.22. The van der Waals surface area contributed by atoms with E-state index in [4.69, 9.17) is 0 Å². The average molecular weight is 271 g/mol. The van der Waals surface area contributed by atoms with Crippen LogP contribution in [0.3, 0.4) is 0 Å². The number of aryl methyl sites for hydroxylation is 1. The Bertz CT molecular complexity index is 357. The monoisotopic (exact) mass is 271 g/mol. The summed E-state index contributed by atoms with van der Waals surface area (Å²) in [5, 5.41) is 4.15. The van der Waals surface area contributed by atoms with Crippen LogP contribution in [-0.2, 0) is 6.54 Å². The second-order valence-corrected chi connectivity index (χ2v) is 7.28. The van der Waals surface area contributed by atoms with E-state index in [-0.39, 0.29) is 0 Å². The van der Waals surface area contributed by atoms with Crippen LogP contribution in [0.2, 0.25) is 0 Å². The van der Waals surface area contributed by atoms with Gasteiger partial charge in [0.15, 0.2) is 0 Å². The largest absolute Gasteiger partial charge is 0.353 e. The second kappa shape index (κ2) is 6.05. The predicted octanol–water partition coefficient (Wildman–Crippen LogP) is 2.86. The summed E-state index contributed by atoms with van der Waals surface area (Å²) in [6.45, 7) is 7.44. The quantitative estimate of drug-likeness (QED) is 0.912. The van der Waals surface area contributed by atoms with E-state index in [0.29, 0.717) is 6.04 Å². The van der Waals surface area contributed by atoms with Gasteiger partial charge in [0.05, 0.1) is 5.69 Å². The van der Waals surface area contributed by atoms with Gasteiger partial charge in [0.25, 0.3) is 0 Å². The first-order valence-electron chi connectivity index (χ1n) is 6.15. The molecule has 0 bridgehead atoms. The van der Waals surface area contributed by atoms with E-state index < -0.39 is 0 Å². The summed E-state index contributed by atoms with van der Waals surface area (Å²) in [6.07, 6.45) is 2.16. The summed E-state index contributed by atoms with van der Waals surface area (Å²) in [5.74, 6) is 4.88. The average Bonchev–Trinajstić information content (AvgIpc) is 2.59. The Kier molecular flexibility index (Phi) is 4.68. The van der Waals surface area contributed by atoms with Crippen molar-refractivity contribution in [1.29, 1.82) is 0 Å². The molecule has 17 heavy (non-hydrogen) atoms. The van der Waals surface area contributed by atoms with E-state index in [1.807, 2.05) is 0 Å². The Morgan fingerprint density at radius 1 is 1.53 bits per heavy atom. The highest BCUT2D eigenvalue weighted by Gasteiger charge is 2.17. The molecule has 1 aliphatic heterocycles. The molecular weight excluding hydrogens is 250 g/mol. The molecule has 1 saturated heterocycles. The van der Waals surface area contributed by atoms with Crippen LogP contribution in [0.15, 0.2) is 6.20 Å². The van der Waals surface area contributed by atoms with Crippen molar-refractivity contribution in [3.05, 3.63) is 11.9 Å². The van der Waals surface area contributed by atoms with Crippen molar-refractivity contribution in [3.8, 4) is 0 Å². The first-order valence-corrected chi connectivity index (χ1v) is 8.35. The zero-order valence-electron chi connectivity index (χ0n) is 10.8. The van der Waals surface area contributed by atoms with E-state index in [1.54, 1.807) is 0 Å². The number of nitrogens with one attached hydrogen (secondary N) is 1. The summed E-state index contributed by atoms with van der Waals surface area (Å²) >= 11 is 4.17. The maximum atomic E-state index is 4.55. The normalized spacial score (nSPS) is 20.8. The minimum atomic E-state index is 0.434. The Morgan fingerprint density at radius 2 is 2.35 bits per heavy atom. The zero-order chi connectivity index (χ0) is 12.3. The molecule has 0 radical (unpaired) electrons. The molecule has 3 nitrogen and oxygen atoms in total. The first kappa shape index (κ1) is 13.1. The van der Waals surface area contributed by atoms with Gasteiger partial charge >= 0.3 is 0 Å². The van der Waals surface area contributed by atoms with Crippen LogP contribution in [0.25, 0.3) is 0 Å². The fourth-order valence-electron chi connectivity index (χ4n) is 1.92. The lowest BCUT2D eigenvalue weighted by molar-refractivity contribution is 0.690. The minimum absolute atomic E-state index is 0.434. The van der Waals surface area contributed by atoms with Gasteiger partial charge in [-0.05, 0) is 20.8 Å². The topological polar surface area (TPSA) is 29.9 Å². The van der Waals surface area contributed by atoms with Crippen LogP contribution in [0, 0.1) is 6.92 Å². The van der Waals surface area contributed by atoms with Gasteiger partial charge in [0, 0.05) is 41.3 Å². The number of rotatable bonds is 4. The van der Waals surface area contributed by atoms with Crippen molar-refractivity contribution >= 4 is 29.5 Å². The Labute approximate surface area is 112 Å². The van der Waals surface area contributed by atoms with E-state index in [9.17, 15) is 0 Å². The van der Waals surface area contributed by atoms with Crippen LogP contribution in [-0.4, -0.2) is 38.1 Å². The molecule has 0 saturated carbocycles. The fraction of sp³-hybridized carbons (Fsp3) is 0.750. The van der Waals surface area contributed by atoms with Gasteiger partial charge < -0.3 is 9.88 Å². The molecule has 1 N–H and O–H groups in total. The summed E-state index contributed by atoms with van der Waals surface area (Å²) in [4.78, 5) is 4.55. The number of hydrogen-bond acceptors (Lipinski definition) is 4. The number of nitrogens with zero attached hydrogens (tertiary/aromatic N) is 2. The number of imidazole rings is 1. The van der Waals surface area contributed by atoms with Crippen molar-refractivity contribution in [2.45, 2.75) is 38.6 Å². The van der Waals surface area contributed by atoms with Crippen LogP contribution in [0.4, 0.5) is 5.95 Å². The van der Waals surface area contributed by atoms with Crippen molar-refractivity contribution in [3.63, 3.8) is 0 Å². The van der Waals surface area contributed by atoms with Crippen LogP contribution < -0.4 is 5.32 Å². The third-order valence-corrected chi connectivity index (χ3v) is 5.43. The van der Waals surface area contributed by atoms with Gasteiger partial charge in [0.2, 0.25) is 5.95 Å². The number of anilines is 1. The van der Waals surface area contributed by atoms with Crippen LogP contribution >= 0.6 is 23.5 Å². The van der Waals surface area contributed by atoms with Gasteiger partial charge in [-0.2, -0.15) is 23.5 Å². The summed E-state index contributed by atoms with van der Waals surface area (Å²) in [5.41, 5.74) is 1.10. The standard InChI is InChI=1S/C12H21N3S2/c1-9(2)13-12-14-10(3)6-15(12)7-11-8-16-4-5-17-11/h6,9,11H,4-5,7-8H2,1-3H3,(H,13,14). The van der Waals surface area contributed by atoms with Crippen molar-refractivity contribution in [1.82, 2.24) is 9.55 Å². The molecule has 1 aromatic heterocycles. The number of hydrogen-bond donors (Lipinski definition) is 1. The van der Waals surface area contributed by atoms with Crippen molar-refractivity contribution < 1.29 is 0 Å². The predicted molar refractivity (Wildman–Crippen MR) is 79.3 cm³/mol. The molecule has 0 aromatic carbocycles. The minimum Gasteiger partial charge on any atom is -0.353 e. The molecule has 2 heterocycles. The maximum absolute atomic E-state index is 4.55. The van der Waals surface area contributed by atoms with Gasteiger partial charge in [0.1, 0.15) is 0 Å². The lowest BCUT2D eigenvalue weighted by Gasteiger charge is -2.22. The van der Waals surface area contributed by atoms with Gasteiger partial charge in [-0.15, -0.1) is 0 Å². The maximum Gasteiger partial charge on any atom is 0.203 e. The summed E-state index contributed by atoms with van der Waals surface area (Å²) in [6, 6.07) is 0.434. The molecule has 96 valence electrons. The van der Waals surface area contributed by atoms with E-state index in [2.05, 4.69) is 65.4 Å². The van der Waals surface area contributed by atoms with E-state index >= 15 is 0 Å². The van der Waals surface area contributed by atoms with Gasteiger partial charge in [-0.1, -0.05) is 0 Å². The molecule has 1 unspecified atom stereocenters. The smallest absolute Gasteiger partial charge is 0.203 e. The molecule has 1 aliphatic rings. The molecule has 5 heteroatoms. The van der Waals surface area contributed by atoms with Crippen LogP contribution in [0.5, 0.6) is 0 Å². The molecule has 0 aliphatic carbocycles.